The molecule has 0 atom stereocenters. The molecule has 116 valence electrons. The summed E-state index contributed by atoms with van der Waals surface area (Å²) in [6, 6.07) is 12.8. The minimum atomic E-state index is -0.826. The van der Waals surface area contributed by atoms with E-state index in [1.807, 2.05) is 30.3 Å². The summed E-state index contributed by atoms with van der Waals surface area (Å²) in [5.41, 5.74) is 0. The van der Waals surface area contributed by atoms with Gasteiger partial charge in [0.15, 0.2) is 18.2 Å². The van der Waals surface area contributed by atoms with Crippen LogP contribution < -0.4 is 10.1 Å². The average molecular weight is 323 g/mol. The summed E-state index contributed by atoms with van der Waals surface area (Å²) in [5, 5.41) is 2.67. The highest BCUT2D eigenvalue weighted by Gasteiger charge is 2.07. The molecule has 0 saturated heterocycles. The van der Waals surface area contributed by atoms with Gasteiger partial charge in [-0.15, -0.1) is 11.8 Å². The normalized spacial score (nSPS) is 10.3. The second kappa shape index (κ2) is 8.38. The molecule has 0 aliphatic heterocycles. The Balaban J connectivity index is 1.65. The van der Waals surface area contributed by atoms with Crippen LogP contribution in [0.1, 0.15) is 0 Å². The molecule has 1 N–H and O–H groups in total. The average Bonchev–Trinajstić information content (AvgIpc) is 2.52. The Bertz CT molecular complexity index is 623. The van der Waals surface area contributed by atoms with E-state index < -0.39 is 11.6 Å². The highest BCUT2D eigenvalue weighted by atomic mass is 32.2. The number of carbonyl (C=O) groups is 1. The first kappa shape index (κ1) is 16.3. The lowest BCUT2D eigenvalue weighted by molar-refractivity contribution is -0.123. The number of amides is 1. The van der Waals surface area contributed by atoms with E-state index >= 15 is 0 Å². The zero-order valence-corrected chi connectivity index (χ0v) is 12.5. The van der Waals surface area contributed by atoms with Crippen molar-refractivity contribution in [2.45, 2.75) is 4.90 Å². The van der Waals surface area contributed by atoms with Crippen molar-refractivity contribution in [2.24, 2.45) is 0 Å². The monoisotopic (exact) mass is 323 g/mol. The number of halogens is 2. The Labute approximate surface area is 131 Å². The number of ether oxygens (including phenoxy) is 1. The molecular weight excluding hydrogens is 308 g/mol. The molecule has 0 radical (unpaired) electrons. The molecule has 6 heteroatoms. The minimum Gasteiger partial charge on any atom is -0.481 e. The highest BCUT2D eigenvalue weighted by Crippen LogP contribution is 2.17. The fraction of sp³-hybridized carbons (Fsp3) is 0.188. The van der Waals surface area contributed by atoms with Gasteiger partial charge in [-0.25, -0.2) is 8.78 Å². The zero-order chi connectivity index (χ0) is 15.8. The molecule has 0 fully saturated rings. The molecule has 3 nitrogen and oxygen atoms in total. The number of hydrogen-bond acceptors (Lipinski definition) is 3. The lowest BCUT2D eigenvalue weighted by atomic mass is 10.3. The maximum Gasteiger partial charge on any atom is 0.257 e. The second-order valence-corrected chi connectivity index (χ2v) is 5.54. The van der Waals surface area contributed by atoms with Gasteiger partial charge in [0, 0.05) is 23.3 Å². The van der Waals surface area contributed by atoms with Gasteiger partial charge in [-0.3, -0.25) is 4.79 Å². The van der Waals surface area contributed by atoms with E-state index in [9.17, 15) is 13.6 Å². The summed E-state index contributed by atoms with van der Waals surface area (Å²) in [4.78, 5) is 12.7. The van der Waals surface area contributed by atoms with Gasteiger partial charge in [-0.2, -0.15) is 0 Å². The summed E-state index contributed by atoms with van der Waals surface area (Å²) in [5.74, 6) is -1.28. The first-order valence-electron chi connectivity index (χ1n) is 6.67. The molecule has 0 saturated carbocycles. The summed E-state index contributed by atoms with van der Waals surface area (Å²) < 4.78 is 31.0. The largest absolute Gasteiger partial charge is 0.481 e. The van der Waals surface area contributed by atoms with Crippen LogP contribution in [-0.4, -0.2) is 24.8 Å². The third kappa shape index (κ3) is 5.37. The molecule has 0 bridgehead atoms. The Morgan fingerprint density at radius 3 is 2.64 bits per heavy atom. The lowest BCUT2D eigenvalue weighted by Gasteiger charge is -2.08. The van der Waals surface area contributed by atoms with Crippen LogP contribution in [-0.2, 0) is 4.79 Å². The third-order valence-corrected chi connectivity index (χ3v) is 3.70. The van der Waals surface area contributed by atoms with Gasteiger partial charge in [0.05, 0.1) is 0 Å². The molecule has 0 spiro atoms. The maximum absolute atomic E-state index is 13.3. The molecule has 2 aromatic carbocycles. The van der Waals surface area contributed by atoms with Gasteiger partial charge in [0.25, 0.3) is 5.91 Å². The number of carbonyl (C=O) groups excluding carboxylic acids is 1. The highest BCUT2D eigenvalue weighted by molar-refractivity contribution is 7.99. The van der Waals surface area contributed by atoms with Gasteiger partial charge in [-0.05, 0) is 24.3 Å². The van der Waals surface area contributed by atoms with Crippen molar-refractivity contribution in [3.05, 3.63) is 60.2 Å². The van der Waals surface area contributed by atoms with Gasteiger partial charge in [0.1, 0.15) is 5.82 Å². The van der Waals surface area contributed by atoms with Crippen molar-refractivity contribution in [1.82, 2.24) is 5.32 Å². The van der Waals surface area contributed by atoms with Gasteiger partial charge < -0.3 is 10.1 Å². The molecule has 2 rings (SSSR count). The van der Waals surface area contributed by atoms with Gasteiger partial charge in [-0.1, -0.05) is 18.2 Å². The molecule has 1 amide bonds. The van der Waals surface area contributed by atoms with E-state index in [1.54, 1.807) is 11.8 Å². The standard InChI is InChI=1S/C16H15F2NO2S/c17-12-6-7-15(14(18)10-12)21-11-16(20)19-8-9-22-13-4-2-1-3-5-13/h1-7,10H,8-9,11H2,(H,19,20). The van der Waals surface area contributed by atoms with Crippen molar-refractivity contribution >= 4 is 17.7 Å². The molecule has 2 aromatic rings. The smallest absolute Gasteiger partial charge is 0.257 e. The first-order valence-corrected chi connectivity index (χ1v) is 7.66. The van der Waals surface area contributed by atoms with Crippen molar-refractivity contribution in [1.29, 1.82) is 0 Å². The molecule has 0 aromatic heterocycles. The number of benzene rings is 2. The topological polar surface area (TPSA) is 38.3 Å². The summed E-state index contributed by atoms with van der Waals surface area (Å²) in [7, 11) is 0. The molecule has 0 heterocycles. The SMILES string of the molecule is O=C(COc1ccc(F)cc1F)NCCSc1ccccc1. The van der Waals surface area contributed by atoms with Crippen LogP contribution in [0, 0.1) is 11.6 Å². The van der Waals surface area contributed by atoms with Crippen LogP contribution in [0.4, 0.5) is 8.78 Å². The van der Waals surface area contributed by atoms with E-state index in [0.717, 1.165) is 22.8 Å². The lowest BCUT2D eigenvalue weighted by Crippen LogP contribution is -2.30. The van der Waals surface area contributed by atoms with Crippen LogP contribution in [0.3, 0.4) is 0 Å². The Morgan fingerprint density at radius 2 is 1.91 bits per heavy atom. The maximum atomic E-state index is 13.3. The van der Waals surface area contributed by atoms with Crippen LogP contribution in [0.15, 0.2) is 53.4 Å². The zero-order valence-electron chi connectivity index (χ0n) is 11.7. The number of hydrogen-bond donors (Lipinski definition) is 1. The van der Waals surface area contributed by atoms with Crippen molar-refractivity contribution in [2.75, 3.05) is 18.9 Å². The van der Waals surface area contributed by atoms with Gasteiger partial charge in [0.2, 0.25) is 0 Å². The Hall–Kier alpha value is -2.08. The Morgan fingerprint density at radius 1 is 1.14 bits per heavy atom. The van der Waals surface area contributed by atoms with Crippen LogP contribution in [0.25, 0.3) is 0 Å². The van der Waals surface area contributed by atoms with Crippen molar-refractivity contribution in [3.8, 4) is 5.75 Å². The first-order chi connectivity index (χ1) is 10.6. The van der Waals surface area contributed by atoms with Crippen LogP contribution in [0.2, 0.25) is 0 Å². The fourth-order valence-corrected chi connectivity index (χ4v) is 2.45. The van der Waals surface area contributed by atoms with Gasteiger partial charge >= 0.3 is 0 Å². The summed E-state index contributed by atoms with van der Waals surface area (Å²) in [6.07, 6.45) is 0. The fourth-order valence-electron chi connectivity index (χ4n) is 1.66. The minimum absolute atomic E-state index is 0.143. The third-order valence-electron chi connectivity index (χ3n) is 2.69. The number of rotatable bonds is 7. The predicted molar refractivity (Wildman–Crippen MR) is 82.0 cm³/mol. The predicted octanol–water partition coefficient (Wildman–Crippen LogP) is 3.25. The van der Waals surface area contributed by atoms with Crippen LogP contribution >= 0.6 is 11.8 Å². The van der Waals surface area contributed by atoms with Crippen LogP contribution in [0.5, 0.6) is 5.75 Å². The Kier molecular flexibility index (Phi) is 6.21. The van der Waals surface area contributed by atoms with E-state index in [1.165, 1.54) is 0 Å². The van der Waals surface area contributed by atoms with Crippen molar-refractivity contribution in [3.63, 3.8) is 0 Å². The van der Waals surface area contributed by atoms with Crippen molar-refractivity contribution < 1.29 is 18.3 Å². The number of thioether (sulfide) groups is 1. The molecule has 0 aliphatic rings. The molecular formula is C16H15F2NO2S. The molecule has 22 heavy (non-hydrogen) atoms. The summed E-state index contributed by atoms with van der Waals surface area (Å²) >= 11 is 1.62. The second-order valence-electron chi connectivity index (χ2n) is 4.37. The van der Waals surface area contributed by atoms with E-state index in [2.05, 4.69) is 5.32 Å². The molecule has 0 unspecified atom stereocenters. The van der Waals surface area contributed by atoms with E-state index in [-0.39, 0.29) is 18.3 Å². The number of nitrogens with one attached hydrogen (secondary N) is 1. The van der Waals surface area contributed by atoms with E-state index in [4.69, 9.17) is 4.74 Å². The quantitative estimate of drug-likeness (QED) is 0.628. The summed E-state index contributed by atoms with van der Waals surface area (Å²) in [6.45, 7) is 0.173. The van der Waals surface area contributed by atoms with E-state index in [0.29, 0.717) is 12.6 Å². The molecule has 0 aliphatic carbocycles.